The molecule has 0 aliphatic rings. The zero-order valence-electron chi connectivity index (χ0n) is 13.7. The number of carbonyl (C=O) groups excluding carboxylic acids is 1. The first kappa shape index (κ1) is 16.4. The number of benzene rings is 2. The first-order chi connectivity index (χ1) is 11.8. The van der Waals surface area contributed by atoms with Gasteiger partial charge in [0.05, 0.1) is 16.0 Å². The first-order valence-corrected chi connectivity index (χ1v) is 7.51. The molecule has 7 nitrogen and oxygen atoms in total. The Kier molecular flexibility index (Phi) is 3.84. The van der Waals surface area contributed by atoms with Gasteiger partial charge in [0, 0.05) is 23.4 Å². The Balaban J connectivity index is 2.39. The minimum atomic E-state index is -0.601. The SMILES string of the molecule is C=C(C)n1c(=O)n(C(=O)c2ccccc2C)c2cc([N+](=O)[O-])ccc21. The minimum Gasteiger partial charge on any atom is -0.268 e. The molecule has 1 aromatic heterocycles. The molecular formula is C18H15N3O4. The number of nitrogens with zero attached hydrogens (tertiary/aromatic N) is 3. The standard InChI is InChI=1S/C18H15N3O4/c1-11(2)19-15-9-8-13(21(24)25)10-16(15)20(18(19)23)17(22)14-7-5-4-6-12(14)3/h4-10H,1H2,2-3H3. The van der Waals surface area contributed by atoms with Crippen LogP contribution >= 0.6 is 0 Å². The van der Waals surface area contributed by atoms with Crippen LogP contribution in [0.25, 0.3) is 16.7 Å². The van der Waals surface area contributed by atoms with Crippen molar-refractivity contribution in [3.63, 3.8) is 0 Å². The number of nitro benzene ring substituents is 1. The van der Waals surface area contributed by atoms with E-state index >= 15 is 0 Å². The summed E-state index contributed by atoms with van der Waals surface area (Å²) in [4.78, 5) is 36.3. The zero-order valence-corrected chi connectivity index (χ0v) is 13.7. The van der Waals surface area contributed by atoms with Gasteiger partial charge in [-0.05, 0) is 31.5 Å². The van der Waals surface area contributed by atoms with Gasteiger partial charge in [-0.3, -0.25) is 19.5 Å². The average molecular weight is 337 g/mol. The third-order valence-electron chi connectivity index (χ3n) is 3.99. The van der Waals surface area contributed by atoms with Crippen LogP contribution in [0.4, 0.5) is 5.69 Å². The lowest BCUT2D eigenvalue weighted by Crippen LogP contribution is -2.29. The highest BCUT2D eigenvalue weighted by Crippen LogP contribution is 2.23. The smallest absolute Gasteiger partial charge is 0.268 e. The molecule has 126 valence electrons. The number of imidazole rings is 1. The van der Waals surface area contributed by atoms with Gasteiger partial charge in [-0.15, -0.1) is 0 Å². The van der Waals surface area contributed by atoms with E-state index in [9.17, 15) is 19.7 Å². The molecule has 25 heavy (non-hydrogen) atoms. The number of allylic oxidation sites excluding steroid dienone is 1. The molecule has 0 N–H and O–H groups in total. The van der Waals surface area contributed by atoms with E-state index in [-0.39, 0.29) is 11.2 Å². The molecule has 0 spiro atoms. The molecule has 3 aromatic rings. The van der Waals surface area contributed by atoms with E-state index in [1.165, 1.54) is 22.8 Å². The van der Waals surface area contributed by atoms with Crippen LogP contribution < -0.4 is 5.69 Å². The second-order valence-corrected chi connectivity index (χ2v) is 5.74. The van der Waals surface area contributed by atoms with Crippen molar-refractivity contribution in [1.82, 2.24) is 9.13 Å². The molecule has 0 atom stereocenters. The molecule has 7 heteroatoms. The van der Waals surface area contributed by atoms with Gasteiger partial charge in [-0.25, -0.2) is 9.36 Å². The Morgan fingerprint density at radius 3 is 2.40 bits per heavy atom. The van der Waals surface area contributed by atoms with Gasteiger partial charge in [0.1, 0.15) is 0 Å². The molecule has 0 aliphatic heterocycles. The second-order valence-electron chi connectivity index (χ2n) is 5.74. The quantitative estimate of drug-likeness (QED) is 0.542. The molecule has 3 rings (SSSR count). The van der Waals surface area contributed by atoms with Crippen LogP contribution in [-0.4, -0.2) is 20.0 Å². The number of fused-ring (bicyclic) bond motifs is 1. The molecule has 0 saturated heterocycles. The Labute approximate surface area is 142 Å². The maximum absolute atomic E-state index is 13.0. The highest BCUT2D eigenvalue weighted by Gasteiger charge is 2.23. The van der Waals surface area contributed by atoms with Crippen LogP contribution in [-0.2, 0) is 0 Å². The summed E-state index contributed by atoms with van der Waals surface area (Å²) in [7, 11) is 0. The number of hydrogen-bond donors (Lipinski definition) is 0. The van der Waals surface area contributed by atoms with E-state index in [0.29, 0.717) is 22.3 Å². The van der Waals surface area contributed by atoms with Crippen LogP contribution in [0.3, 0.4) is 0 Å². The number of hydrogen-bond acceptors (Lipinski definition) is 4. The lowest BCUT2D eigenvalue weighted by molar-refractivity contribution is -0.384. The van der Waals surface area contributed by atoms with E-state index in [2.05, 4.69) is 6.58 Å². The molecule has 0 bridgehead atoms. The van der Waals surface area contributed by atoms with Gasteiger partial charge in [0.2, 0.25) is 0 Å². The summed E-state index contributed by atoms with van der Waals surface area (Å²) >= 11 is 0. The topological polar surface area (TPSA) is 87.1 Å². The third-order valence-corrected chi connectivity index (χ3v) is 3.99. The van der Waals surface area contributed by atoms with E-state index in [1.54, 1.807) is 38.1 Å². The maximum atomic E-state index is 13.0. The molecule has 0 amide bonds. The summed E-state index contributed by atoms with van der Waals surface area (Å²) in [6, 6.07) is 10.8. The van der Waals surface area contributed by atoms with Gasteiger partial charge in [-0.1, -0.05) is 24.8 Å². The van der Waals surface area contributed by atoms with Gasteiger partial charge >= 0.3 is 5.69 Å². The summed E-state index contributed by atoms with van der Waals surface area (Å²) in [5, 5.41) is 11.1. The van der Waals surface area contributed by atoms with Crippen molar-refractivity contribution in [2.24, 2.45) is 0 Å². The van der Waals surface area contributed by atoms with Crippen molar-refractivity contribution < 1.29 is 9.72 Å². The predicted molar refractivity (Wildman–Crippen MR) is 94.8 cm³/mol. The van der Waals surface area contributed by atoms with Crippen molar-refractivity contribution in [3.05, 3.63) is 80.8 Å². The molecule has 0 unspecified atom stereocenters. The van der Waals surface area contributed by atoms with Crippen LogP contribution in [0, 0.1) is 17.0 Å². The van der Waals surface area contributed by atoms with Crippen LogP contribution in [0.5, 0.6) is 0 Å². The normalized spacial score (nSPS) is 10.8. The summed E-state index contributed by atoms with van der Waals surface area (Å²) in [5.74, 6) is -0.534. The van der Waals surface area contributed by atoms with Crippen molar-refractivity contribution in [3.8, 4) is 0 Å². The van der Waals surface area contributed by atoms with Crippen LogP contribution in [0.2, 0.25) is 0 Å². The van der Waals surface area contributed by atoms with Gasteiger partial charge in [0.15, 0.2) is 0 Å². The largest absolute Gasteiger partial charge is 0.340 e. The fourth-order valence-corrected chi connectivity index (χ4v) is 2.80. The number of rotatable bonds is 3. The number of aryl methyl sites for hydroxylation is 1. The number of carbonyl (C=O) groups is 1. The molecular weight excluding hydrogens is 322 g/mol. The number of aromatic nitrogens is 2. The molecule has 0 aliphatic carbocycles. The molecule has 0 radical (unpaired) electrons. The lowest BCUT2D eigenvalue weighted by atomic mass is 10.1. The Bertz CT molecular complexity index is 1110. The van der Waals surface area contributed by atoms with E-state index in [1.807, 2.05) is 0 Å². The van der Waals surface area contributed by atoms with Crippen molar-refractivity contribution in [2.45, 2.75) is 13.8 Å². The van der Waals surface area contributed by atoms with Gasteiger partial charge in [-0.2, -0.15) is 0 Å². The van der Waals surface area contributed by atoms with Crippen LogP contribution in [0.1, 0.15) is 22.8 Å². The molecule has 0 saturated carbocycles. The first-order valence-electron chi connectivity index (χ1n) is 7.51. The highest BCUT2D eigenvalue weighted by molar-refractivity contribution is 6.02. The Morgan fingerprint density at radius 1 is 1.12 bits per heavy atom. The fourth-order valence-electron chi connectivity index (χ4n) is 2.80. The summed E-state index contributed by atoms with van der Waals surface area (Å²) in [6.07, 6.45) is 0. The molecule has 0 fully saturated rings. The van der Waals surface area contributed by atoms with Crippen molar-refractivity contribution >= 4 is 28.3 Å². The number of non-ortho nitro benzene ring substituents is 1. The van der Waals surface area contributed by atoms with E-state index in [0.717, 1.165) is 4.57 Å². The van der Waals surface area contributed by atoms with E-state index < -0.39 is 16.5 Å². The summed E-state index contributed by atoms with van der Waals surface area (Å²) < 4.78 is 2.23. The summed E-state index contributed by atoms with van der Waals surface area (Å²) in [6.45, 7) is 7.15. The minimum absolute atomic E-state index is 0.176. The van der Waals surface area contributed by atoms with E-state index in [4.69, 9.17) is 0 Å². The van der Waals surface area contributed by atoms with Gasteiger partial charge in [0.25, 0.3) is 11.6 Å². The average Bonchev–Trinajstić information content (AvgIpc) is 2.85. The Hall–Kier alpha value is -3.48. The lowest BCUT2D eigenvalue weighted by Gasteiger charge is -2.05. The summed E-state index contributed by atoms with van der Waals surface area (Å²) in [5.41, 5.74) is 1.26. The fraction of sp³-hybridized carbons (Fsp3) is 0.111. The molecule has 1 heterocycles. The second kappa shape index (κ2) is 5.86. The Morgan fingerprint density at radius 2 is 1.80 bits per heavy atom. The van der Waals surface area contributed by atoms with Crippen LogP contribution in [0.15, 0.2) is 53.8 Å². The monoisotopic (exact) mass is 337 g/mol. The zero-order chi connectivity index (χ0) is 18.3. The molecule has 2 aromatic carbocycles. The van der Waals surface area contributed by atoms with Crippen molar-refractivity contribution in [1.29, 1.82) is 0 Å². The predicted octanol–water partition coefficient (Wildman–Crippen LogP) is 3.20. The van der Waals surface area contributed by atoms with Crippen molar-refractivity contribution in [2.75, 3.05) is 0 Å². The highest BCUT2D eigenvalue weighted by atomic mass is 16.6. The number of nitro groups is 1. The van der Waals surface area contributed by atoms with Gasteiger partial charge < -0.3 is 0 Å². The third kappa shape index (κ3) is 2.55. The maximum Gasteiger partial charge on any atom is 0.340 e.